The van der Waals surface area contributed by atoms with Gasteiger partial charge in [-0.05, 0) is 129 Å². The SMILES string of the molecule is COc1ccc(-n2cnnn2)cc1C(=O)N1CCC(CCN2CCC(C(=O)NN3CCCCC3C(=O)O)(c3ccncc3)CC2)(c2ccc(Cl)c(Cl)c2)C1. The van der Waals surface area contributed by atoms with Crippen LogP contribution in [0.5, 0.6) is 5.75 Å². The monoisotopic (exact) mass is 775 g/mol. The largest absolute Gasteiger partial charge is 0.496 e. The van der Waals surface area contributed by atoms with Gasteiger partial charge in [0.2, 0.25) is 5.91 Å². The van der Waals surface area contributed by atoms with Crippen molar-refractivity contribution in [3.63, 3.8) is 0 Å². The van der Waals surface area contributed by atoms with E-state index in [4.69, 9.17) is 27.9 Å². The normalized spacial score (nSPS) is 21.8. The maximum absolute atomic E-state index is 14.2. The molecule has 3 fully saturated rings. The standard InChI is InChI=1S/C38H43Cl2N9O5/c1-54-33-8-6-28(49-25-42-44-45-49)23-29(33)34(50)47-21-12-37(24-47,27-5-7-30(39)31(40)22-27)11-18-46-19-13-38(14-20-46,26-9-15-41-16-10-26)36(53)43-48-17-3-2-4-32(48)35(51)52/h5-10,15-16,22-23,25,32H,2-4,11-14,17-21,24H2,1H3,(H,43,53)(H,51,52). The second-order valence-electron chi connectivity index (χ2n) is 14.4. The summed E-state index contributed by atoms with van der Waals surface area (Å²) in [6.45, 7) is 3.51. The minimum atomic E-state index is -0.928. The molecule has 0 aliphatic carbocycles. The van der Waals surface area contributed by atoms with Gasteiger partial charge in [-0.1, -0.05) is 29.3 Å². The van der Waals surface area contributed by atoms with E-state index in [1.54, 1.807) is 42.7 Å². The number of benzene rings is 2. The van der Waals surface area contributed by atoms with Crippen LogP contribution in [-0.4, -0.2) is 115 Å². The van der Waals surface area contributed by atoms with Crippen LogP contribution >= 0.6 is 23.2 Å². The maximum atomic E-state index is 14.2. The quantitative estimate of drug-likeness (QED) is 0.220. The van der Waals surface area contributed by atoms with Crippen molar-refractivity contribution >= 4 is 41.0 Å². The highest BCUT2D eigenvalue weighted by molar-refractivity contribution is 6.42. The summed E-state index contributed by atoms with van der Waals surface area (Å²) in [7, 11) is 1.54. The van der Waals surface area contributed by atoms with Gasteiger partial charge in [-0.15, -0.1) is 5.10 Å². The number of carbonyl (C=O) groups is 3. The zero-order valence-electron chi connectivity index (χ0n) is 30.0. The Hall–Kier alpha value is -4.63. The van der Waals surface area contributed by atoms with E-state index in [0.29, 0.717) is 85.5 Å². The van der Waals surface area contributed by atoms with Gasteiger partial charge in [0.15, 0.2) is 0 Å². The Bertz CT molecular complexity index is 1980. The smallest absolute Gasteiger partial charge is 0.322 e. The fourth-order valence-electron chi connectivity index (χ4n) is 8.32. The van der Waals surface area contributed by atoms with Crippen LogP contribution in [-0.2, 0) is 20.4 Å². The minimum absolute atomic E-state index is 0.159. The molecule has 2 aromatic carbocycles. The molecule has 0 saturated carbocycles. The van der Waals surface area contributed by atoms with Crippen molar-refractivity contribution in [2.75, 3.05) is 46.4 Å². The Balaban J connectivity index is 1.09. The second kappa shape index (κ2) is 16.0. The number of nitrogens with one attached hydrogen (secondary N) is 1. The van der Waals surface area contributed by atoms with Crippen molar-refractivity contribution in [3.05, 3.63) is 94.0 Å². The van der Waals surface area contributed by atoms with E-state index >= 15 is 0 Å². The van der Waals surface area contributed by atoms with Crippen molar-refractivity contribution in [2.45, 2.75) is 61.8 Å². The summed E-state index contributed by atoms with van der Waals surface area (Å²) in [5, 5.41) is 23.8. The van der Waals surface area contributed by atoms with E-state index < -0.39 is 22.8 Å². The van der Waals surface area contributed by atoms with Gasteiger partial charge in [0.1, 0.15) is 18.1 Å². The molecule has 2 unspecified atom stereocenters. The molecule has 54 heavy (non-hydrogen) atoms. The van der Waals surface area contributed by atoms with Gasteiger partial charge >= 0.3 is 5.97 Å². The number of ether oxygens (including phenoxy) is 1. The number of tetrazole rings is 1. The summed E-state index contributed by atoms with van der Waals surface area (Å²) < 4.78 is 7.10. The lowest BCUT2D eigenvalue weighted by Crippen LogP contribution is -2.60. The van der Waals surface area contributed by atoms with Crippen molar-refractivity contribution in [1.29, 1.82) is 0 Å². The number of methoxy groups -OCH3 is 1. The summed E-state index contributed by atoms with van der Waals surface area (Å²) in [4.78, 5) is 48.9. The molecule has 2 aromatic heterocycles. The van der Waals surface area contributed by atoms with Gasteiger partial charge in [-0.2, -0.15) is 0 Å². The lowest BCUT2D eigenvalue weighted by Gasteiger charge is -2.44. The van der Waals surface area contributed by atoms with Crippen LogP contribution in [0.25, 0.3) is 5.69 Å². The third kappa shape index (κ3) is 7.52. The molecule has 7 rings (SSSR count). The molecule has 0 spiro atoms. The van der Waals surface area contributed by atoms with Crippen molar-refractivity contribution in [3.8, 4) is 11.4 Å². The van der Waals surface area contributed by atoms with Crippen molar-refractivity contribution < 1.29 is 24.2 Å². The number of amides is 2. The number of carboxylic acids is 1. The summed E-state index contributed by atoms with van der Waals surface area (Å²) in [5.41, 5.74) is 4.71. The zero-order valence-corrected chi connectivity index (χ0v) is 31.5. The number of hydrogen-bond acceptors (Lipinski definition) is 10. The van der Waals surface area contributed by atoms with Crippen molar-refractivity contribution in [2.24, 2.45) is 0 Å². The number of pyridine rings is 1. The van der Waals surface area contributed by atoms with Gasteiger partial charge in [-0.25, -0.2) is 9.69 Å². The number of piperidine rings is 2. The number of aromatic nitrogens is 5. The van der Waals surface area contributed by atoms with Gasteiger partial charge in [-0.3, -0.25) is 24.8 Å². The average molecular weight is 777 g/mol. The number of likely N-dealkylation sites (tertiary alicyclic amines) is 2. The third-order valence-corrected chi connectivity index (χ3v) is 12.3. The van der Waals surface area contributed by atoms with Crippen LogP contribution in [0.3, 0.4) is 0 Å². The van der Waals surface area contributed by atoms with Crippen LogP contribution in [0.15, 0.2) is 67.3 Å². The maximum Gasteiger partial charge on any atom is 0.322 e. The van der Waals surface area contributed by atoms with Crippen molar-refractivity contribution in [1.82, 2.24) is 45.4 Å². The lowest BCUT2D eigenvalue weighted by atomic mass is 9.72. The first-order chi connectivity index (χ1) is 26.1. The fraction of sp³-hybridized carbons (Fsp3) is 0.447. The Morgan fingerprint density at radius 1 is 0.944 bits per heavy atom. The number of hydrazine groups is 1. The topological polar surface area (TPSA) is 159 Å². The Kier molecular flexibility index (Phi) is 11.2. The van der Waals surface area contributed by atoms with Crippen LogP contribution in [0.4, 0.5) is 0 Å². The lowest BCUT2D eigenvalue weighted by molar-refractivity contribution is -0.149. The van der Waals surface area contributed by atoms with Crippen LogP contribution in [0, 0.1) is 0 Å². The number of nitrogens with zero attached hydrogens (tertiary/aromatic N) is 8. The summed E-state index contributed by atoms with van der Waals surface area (Å²) in [5.74, 6) is -0.813. The van der Waals surface area contributed by atoms with E-state index in [2.05, 4.69) is 30.8 Å². The Morgan fingerprint density at radius 3 is 2.44 bits per heavy atom. The zero-order chi connectivity index (χ0) is 37.9. The fourth-order valence-corrected chi connectivity index (χ4v) is 8.62. The molecular weight excluding hydrogens is 733 g/mol. The van der Waals surface area contributed by atoms with E-state index in [-0.39, 0.29) is 11.8 Å². The number of aliphatic carboxylic acids is 1. The number of rotatable bonds is 11. The highest BCUT2D eigenvalue weighted by Crippen LogP contribution is 2.42. The Morgan fingerprint density at radius 2 is 1.74 bits per heavy atom. The average Bonchev–Trinajstić information content (AvgIpc) is 3.90. The predicted octanol–water partition coefficient (Wildman–Crippen LogP) is 4.55. The Labute approximate surface area is 323 Å². The van der Waals surface area contributed by atoms with Gasteiger partial charge in [0.05, 0.1) is 33.8 Å². The molecule has 284 valence electrons. The molecule has 16 heteroatoms. The first-order valence-electron chi connectivity index (χ1n) is 18.2. The number of halogens is 2. The molecule has 3 saturated heterocycles. The summed E-state index contributed by atoms with van der Waals surface area (Å²) in [6.07, 6.45) is 9.55. The van der Waals surface area contributed by atoms with Gasteiger partial charge in [0.25, 0.3) is 5.91 Å². The van der Waals surface area contributed by atoms with Crippen LogP contribution in [0.2, 0.25) is 10.0 Å². The highest BCUT2D eigenvalue weighted by atomic mass is 35.5. The highest BCUT2D eigenvalue weighted by Gasteiger charge is 2.46. The molecule has 0 bridgehead atoms. The summed E-state index contributed by atoms with van der Waals surface area (Å²) >= 11 is 12.9. The van der Waals surface area contributed by atoms with Crippen LogP contribution < -0.4 is 10.2 Å². The number of carbonyl (C=O) groups excluding carboxylic acids is 2. The van der Waals surface area contributed by atoms with Gasteiger partial charge in [0, 0.05) is 37.4 Å². The van der Waals surface area contributed by atoms with Crippen LogP contribution in [0.1, 0.15) is 66.4 Å². The molecule has 3 aliphatic heterocycles. The molecule has 3 aliphatic rings. The first kappa shape index (κ1) is 37.7. The first-order valence-corrected chi connectivity index (χ1v) is 19.0. The van der Waals surface area contributed by atoms with E-state index in [1.165, 1.54) is 11.0 Å². The minimum Gasteiger partial charge on any atom is -0.496 e. The van der Waals surface area contributed by atoms with E-state index in [9.17, 15) is 19.5 Å². The molecule has 5 heterocycles. The third-order valence-electron chi connectivity index (χ3n) is 11.5. The number of hydrogen-bond donors (Lipinski definition) is 2. The molecule has 2 amide bonds. The molecule has 0 radical (unpaired) electrons. The molecule has 14 nitrogen and oxygen atoms in total. The van der Waals surface area contributed by atoms with E-state index in [1.807, 2.05) is 35.2 Å². The number of carboxylic acid groups (broad SMARTS) is 1. The second-order valence-corrected chi connectivity index (χ2v) is 15.2. The van der Waals surface area contributed by atoms with Gasteiger partial charge < -0.3 is 19.6 Å². The predicted molar refractivity (Wildman–Crippen MR) is 201 cm³/mol. The molecule has 2 N–H and O–H groups in total. The molecular formula is C38H43Cl2N9O5. The van der Waals surface area contributed by atoms with E-state index in [0.717, 1.165) is 36.9 Å². The summed E-state index contributed by atoms with van der Waals surface area (Å²) in [6, 6.07) is 14.0. The molecule has 2 atom stereocenters. The molecule has 4 aromatic rings.